The van der Waals surface area contributed by atoms with Crippen LogP contribution in [-0.4, -0.2) is 20.1 Å². The number of benzene rings is 1. The van der Waals surface area contributed by atoms with Crippen LogP contribution >= 0.6 is 12.4 Å². The summed E-state index contributed by atoms with van der Waals surface area (Å²) in [6.45, 7) is 1.18. The van der Waals surface area contributed by atoms with Gasteiger partial charge in [-0.15, -0.1) is 12.4 Å². The molecule has 0 saturated heterocycles. The maximum absolute atomic E-state index is 12.0. The van der Waals surface area contributed by atoms with Gasteiger partial charge in [-0.05, 0) is 24.6 Å². The Balaban J connectivity index is 0.00000256. The topological polar surface area (TPSA) is 44.5 Å². The molecule has 1 atom stereocenters. The van der Waals surface area contributed by atoms with Crippen LogP contribution in [0, 0.1) is 0 Å². The Morgan fingerprint density at radius 1 is 1.29 bits per heavy atom. The van der Waals surface area contributed by atoms with Crippen LogP contribution in [0.3, 0.4) is 0 Å². The number of ether oxygens (including phenoxy) is 2. The zero-order valence-corrected chi connectivity index (χ0v) is 10.5. The molecule has 0 heterocycles. The zero-order valence-electron chi connectivity index (χ0n) is 9.65. The standard InChI is InChI=1S/C11H15F2NO2.ClH/c1-7(14)8-3-4-9(10(5-8)15-2)16-6-11(12)13;/h3-5,7,11H,6,14H2,1-2H3;1H. The average molecular weight is 268 g/mol. The first-order valence-electron chi connectivity index (χ1n) is 4.89. The van der Waals surface area contributed by atoms with Crippen LogP contribution in [0.1, 0.15) is 18.5 Å². The summed E-state index contributed by atoms with van der Waals surface area (Å²) in [5.41, 5.74) is 6.56. The number of hydrogen-bond acceptors (Lipinski definition) is 3. The third-order valence-corrected chi connectivity index (χ3v) is 2.08. The van der Waals surface area contributed by atoms with E-state index in [0.29, 0.717) is 11.5 Å². The molecule has 17 heavy (non-hydrogen) atoms. The van der Waals surface area contributed by atoms with Crippen LogP contribution in [0.4, 0.5) is 8.78 Å². The molecule has 0 bridgehead atoms. The van der Waals surface area contributed by atoms with Crippen molar-refractivity contribution in [3.8, 4) is 11.5 Å². The number of halogens is 3. The first kappa shape index (κ1) is 15.9. The SMILES string of the molecule is COc1cc(C(C)N)ccc1OCC(F)F.Cl. The fraction of sp³-hybridized carbons (Fsp3) is 0.455. The molecule has 6 heteroatoms. The molecule has 0 radical (unpaired) electrons. The lowest BCUT2D eigenvalue weighted by atomic mass is 10.1. The third-order valence-electron chi connectivity index (χ3n) is 2.08. The molecule has 0 amide bonds. The van der Waals surface area contributed by atoms with Crippen molar-refractivity contribution in [1.29, 1.82) is 0 Å². The molecule has 98 valence electrons. The Hall–Kier alpha value is -1.07. The first-order valence-corrected chi connectivity index (χ1v) is 4.89. The highest BCUT2D eigenvalue weighted by Gasteiger charge is 2.10. The van der Waals surface area contributed by atoms with Crippen molar-refractivity contribution in [2.75, 3.05) is 13.7 Å². The number of hydrogen-bond donors (Lipinski definition) is 1. The maximum atomic E-state index is 12.0. The summed E-state index contributed by atoms with van der Waals surface area (Å²) >= 11 is 0. The maximum Gasteiger partial charge on any atom is 0.272 e. The van der Waals surface area contributed by atoms with Gasteiger partial charge in [-0.2, -0.15) is 0 Å². The van der Waals surface area contributed by atoms with Crippen LogP contribution in [0.15, 0.2) is 18.2 Å². The molecule has 1 aromatic carbocycles. The van der Waals surface area contributed by atoms with Gasteiger partial charge in [-0.3, -0.25) is 0 Å². The Labute approximate surface area is 105 Å². The number of methoxy groups -OCH3 is 1. The Kier molecular flexibility index (Phi) is 6.83. The minimum absolute atomic E-state index is 0. The van der Waals surface area contributed by atoms with Crippen molar-refractivity contribution in [3.63, 3.8) is 0 Å². The van der Waals surface area contributed by atoms with Gasteiger partial charge in [0.1, 0.15) is 6.61 Å². The number of alkyl halides is 2. The van der Waals surface area contributed by atoms with Gasteiger partial charge in [0.2, 0.25) is 0 Å². The average Bonchev–Trinajstić information content (AvgIpc) is 2.25. The van der Waals surface area contributed by atoms with E-state index in [1.807, 2.05) is 6.92 Å². The summed E-state index contributed by atoms with van der Waals surface area (Å²) in [5.74, 6) is 0.711. The van der Waals surface area contributed by atoms with Crippen molar-refractivity contribution in [2.24, 2.45) is 5.73 Å². The second-order valence-electron chi connectivity index (χ2n) is 3.40. The summed E-state index contributed by atoms with van der Waals surface area (Å²) in [6, 6.07) is 4.86. The summed E-state index contributed by atoms with van der Waals surface area (Å²) in [7, 11) is 1.45. The summed E-state index contributed by atoms with van der Waals surface area (Å²) in [6.07, 6.45) is -2.50. The van der Waals surface area contributed by atoms with Crippen LogP contribution in [0.25, 0.3) is 0 Å². The molecule has 3 nitrogen and oxygen atoms in total. The largest absolute Gasteiger partial charge is 0.493 e. The van der Waals surface area contributed by atoms with Gasteiger partial charge in [0.15, 0.2) is 11.5 Å². The molecule has 2 N–H and O–H groups in total. The molecular weight excluding hydrogens is 252 g/mol. The Bertz CT molecular complexity index is 348. The van der Waals surface area contributed by atoms with Crippen molar-refractivity contribution in [1.82, 2.24) is 0 Å². The Morgan fingerprint density at radius 3 is 2.41 bits per heavy atom. The minimum atomic E-state index is -2.50. The van der Waals surface area contributed by atoms with Crippen LogP contribution in [0.5, 0.6) is 11.5 Å². The van der Waals surface area contributed by atoms with Gasteiger partial charge < -0.3 is 15.2 Å². The van der Waals surface area contributed by atoms with Crippen molar-refractivity contribution in [3.05, 3.63) is 23.8 Å². The summed E-state index contributed by atoms with van der Waals surface area (Å²) in [5, 5.41) is 0. The van der Waals surface area contributed by atoms with E-state index in [4.69, 9.17) is 15.2 Å². The lowest BCUT2D eigenvalue weighted by molar-refractivity contribution is 0.0804. The lowest BCUT2D eigenvalue weighted by Gasteiger charge is -2.13. The van der Waals surface area contributed by atoms with Gasteiger partial charge >= 0.3 is 0 Å². The second-order valence-corrected chi connectivity index (χ2v) is 3.40. The monoisotopic (exact) mass is 267 g/mol. The van der Waals surface area contributed by atoms with Gasteiger partial charge in [0.25, 0.3) is 6.43 Å². The smallest absolute Gasteiger partial charge is 0.272 e. The molecular formula is C11H16ClF2NO2. The molecule has 0 aliphatic carbocycles. The highest BCUT2D eigenvalue weighted by atomic mass is 35.5. The normalized spacial score (nSPS) is 11.9. The van der Waals surface area contributed by atoms with E-state index < -0.39 is 13.0 Å². The van der Waals surface area contributed by atoms with Gasteiger partial charge in [0.05, 0.1) is 7.11 Å². The van der Waals surface area contributed by atoms with E-state index in [0.717, 1.165) is 5.56 Å². The summed E-state index contributed by atoms with van der Waals surface area (Å²) < 4.78 is 33.9. The highest BCUT2D eigenvalue weighted by Crippen LogP contribution is 2.29. The predicted octanol–water partition coefficient (Wildman–Crippen LogP) is 2.78. The second kappa shape index (κ2) is 7.29. The van der Waals surface area contributed by atoms with Crippen LogP contribution < -0.4 is 15.2 Å². The zero-order chi connectivity index (χ0) is 12.1. The molecule has 0 aliphatic rings. The van der Waals surface area contributed by atoms with E-state index in [9.17, 15) is 8.78 Å². The van der Waals surface area contributed by atoms with Crippen LogP contribution in [-0.2, 0) is 0 Å². The van der Waals surface area contributed by atoms with Crippen molar-refractivity contribution < 1.29 is 18.3 Å². The molecule has 1 aromatic rings. The highest BCUT2D eigenvalue weighted by molar-refractivity contribution is 5.85. The lowest BCUT2D eigenvalue weighted by Crippen LogP contribution is -2.09. The predicted molar refractivity (Wildman–Crippen MR) is 64.3 cm³/mol. The number of rotatable bonds is 5. The quantitative estimate of drug-likeness (QED) is 0.892. The summed E-state index contributed by atoms with van der Waals surface area (Å²) in [4.78, 5) is 0. The third kappa shape index (κ3) is 4.75. The molecule has 0 fully saturated rings. The molecule has 0 spiro atoms. The van der Waals surface area contributed by atoms with Crippen molar-refractivity contribution in [2.45, 2.75) is 19.4 Å². The first-order chi connectivity index (χ1) is 7.54. The fourth-order valence-corrected chi connectivity index (χ4v) is 1.24. The molecule has 0 aliphatic heterocycles. The van der Waals surface area contributed by atoms with Gasteiger partial charge in [-0.25, -0.2) is 8.78 Å². The van der Waals surface area contributed by atoms with Gasteiger partial charge in [0, 0.05) is 6.04 Å². The van der Waals surface area contributed by atoms with E-state index in [1.165, 1.54) is 7.11 Å². The van der Waals surface area contributed by atoms with E-state index >= 15 is 0 Å². The molecule has 1 unspecified atom stereocenters. The van der Waals surface area contributed by atoms with E-state index in [-0.39, 0.29) is 18.4 Å². The Morgan fingerprint density at radius 2 is 1.94 bits per heavy atom. The van der Waals surface area contributed by atoms with Gasteiger partial charge in [-0.1, -0.05) is 6.07 Å². The fourth-order valence-electron chi connectivity index (χ4n) is 1.24. The van der Waals surface area contributed by atoms with Crippen LogP contribution in [0.2, 0.25) is 0 Å². The van der Waals surface area contributed by atoms with E-state index in [1.54, 1.807) is 18.2 Å². The van der Waals surface area contributed by atoms with E-state index in [2.05, 4.69) is 0 Å². The molecule has 0 saturated carbocycles. The number of nitrogens with two attached hydrogens (primary N) is 1. The molecule has 0 aromatic heterocycles. The van der Waals surface area contributed by atoms with Crippen molar-refractivity contribution >= 4 is 12.4 Å². The minimum Gasteiger partial charge on any atom is -0.493 e. The molecule has 1 rings (SSSR count).